The number of aryl methyl sites for hydroxylation is 1. The number of hydrogen-bond acceptors (Lipinski definition) is 2. The first kappa shape index (κ1) is 14.8. The van der Waals surface area contributed by atoms with Crippen LogP contribution in [-0.2, 0) is 0 Å². The van der Waals surface area contributed by atoms with Crippen molar-refractivity contribution in [2.24, 2.45) is 5.92 Å². The molecule has 0 bridgehead atoms. The van der Waals surface area contributed by atoms with Crippen LogP contribution in [0, 0.1) is 12.8 Å². The third kappa shape index (κ3) is 3.28. The molecule has 1 atom stereocenters. The van der Waals surface area contributed by atoms with Gasteiger partial charge in [-0.1, -0.05) is 41.9 Å². The second-order valence-electron chi connectivity index (χ2n) is 5.18. The Balaban J connectivity index is 2.32. The van der Waals surface area contributed by atoms with Crippen molar-refractivity contribution < 1.29 is 0 Å². The van der Waals surface area contributed by atoms with E-state index in [0.29, 0.717) is 12.0 Å². The summed E-state index contributed by atoms with van der Waals surface area (Å²) in [5, 5.41) is 3.40. The van der Waals surface area contributed by atoms with Gasteiger partial charge in [0.15, 0.2) is 0 Å². The third-order valence-electron chi connectivity index (χ3n) is 3.37. The Labute approximate surface area is 128 Å². The average molecular weight is 338 g/mol. The van der Waals surface area contributed by atoms with Crippen LogP contribution in [0.4, 0.5) is 0 Å². The molecule has 1 unspecified atom stereocenters. The maximum atomic E-state index is 3.61. The molecule has 0 radical (unpaired) electrons. The lowest BCUT2D eigenvalue weighted by Crippen LogP contribution is -2.20. The highest BCUT2D eigenvalue weighted by molar-refractivity contribution is 9.10. The van der Waals surface area contributed by atoms with Crippen LogP contribution < -0.4 is 5.32 Å². The van der Waals surface area contributed by atoms with Gasteiger partial charge in [0.2, 0.25) is 0 Å². The Morgan fingerprint density at radius 3 is 2.47 bits per heavy atom. The van der Waals surface area contributed by atoms with E-state index < -0.39 is 0 Å². The summed E-state index contributed by atoms with van der Waals surface area (Å²) >= 11 is 5.49. The molecule has 0 aliphatic heterocycles. The van der Waals surface area contributed by atoms with Crippen molar-refractivity contribution in [2.45, 2.75) is 26.8 Å². The summed E-state index contributed by atoms with van der Waals surface area (Å²) in [5.41, 5.74) is 2.56. The lowest BCUT2D eigenvalue weighted by atomic mass is 10.0. The number of hydrogen-bond donors (Lipinski definition) is 1. The summed E-state index contributed by atoms with van der Waals surface area (Å²) in [5.74, 6) is 0.598. The highest BCUT2D eigenvalue weighted by Gasteiger charge is 2.16. The molecule has 0 aliphatic carbocycles. The van der Waals surface area contributed by atoms with E-state index in [1.165, 1.54) is 25.4 Å². The summed E-state index contributed by atoms with van der Waals surface area (Å²) < 4.78 is 1.17. The molecule has 2 rings (SSSR count). The molecule has 2 aromatic rings. The largest absolute Gasteiger partial charge is 0.312 e. The van der Waals surface area contributed by atoms with Crippen LogP contribution >= 0.6 is 27.3 Å². The fraction of sp³-hybridized carbons (Fsp3) is 0.375. The van der Waals surface area contributed by atoms with Crippen LogP contribution in [0.3, 0.4) is 0 Å². The monoisotopic (exact) mass is 337 g/mol. The lowest BCUT2D eigenvalue weighted by Gasteiger charge is -2.18. The summed E-state index contributed by atoms with van der Waals surface area (Å²) in [7, 11) is 2.03. The zero-order valence-corrected chi connectivity index (χ0v) is 14.2. The standard InChI is InChI=1S/C16H20BrNS/c1-10(2)16(18-4)15-8-7-14(19-15)12-6-5-11(3)13(17)9-12/h5-10,16,18H,1-4H3. The number of halogens is 1. The number of rotatable bonds is 4. The normalized spacial score (nSPS) is 12.9. The highest BCUT2D eigenvalue weighted by Crippen LogP contribution is 2.35. The lowest BCUT2D eigenvalue weighted by molar-refractivity contribution is 0.449. The summed E-state index contributed by atoms with van der Waals surface area (Å²) in [6.45, 7) is 6.62. The van der Waals surface area contributed by atoms with Gasteiger partial charge in [0, 0.05) is 20.3 Å². The van der Waals surface area contributed by atoms with E-state index in [9.17, 15) is 0 Å². The van der Waals surface area contributed by atoms with Crippen molar-refractivity contribution in [3.8, 4) is 10.4 Å². The van der Waals surface area contributed by atoms with Crippen molar-refractivity contribution in [3.05, 3.63) is 45.2 Å². The van der Waals surface area contributed by atoms with Crippen LogP contribution in [0.5, 0.6) is 0 Å². The van der Waals surface area contributed by atoms with E-state index in [4.69, 9.17) is 0 Å². The van der Waals surface area contributed by atoms with Gasteiger partial charge < -0.3 is 5.32 Å². The molecule has 1 aromatic carbocycles. The average Bonchev–Trinajstić information content (AvgIpc) is 2.82. The maximum Gasteiger partial charge on any atom is 0.0435 e. The quantitative estimate of drug-likeness (QED) is 0.787. The number of thiophene rings is 1. The molecule has 1 nitrogen and oxygen atoms in total. The molecule has 0 saturated heterocycles. The Morgan fingerprint density at radius 1 is 1.16 bits per heavy atom. The van der Waals surface area contributed by atoms with Crippen LogP contribution in [0.25, 0.3) is 10.4 Å². The Hall–Kier alpha value is -0.640. The van der Waals surface area contributed by atoms with Gasteiger partial charge in [-0.05, 0) is 49.2 Å². The van der Waals surface area contributed by atoms with Gasteiger partial charge in [-0.25, -0.2) is 0 Å². The van der Waals surface area contributed by atoms with Gasteiger partial charge >= 0.3 is 0 Å². The molecule has 102 valence electrons. The minimum atomic E-state index is 0.438. The molecular weight excluding hydrogens is 318 g/mol. The van der Waals surface area contributed by atoms with Crippen molar-refractivity contribution in [3.63, 3.8) is 0 Å². The van der Waals surface area contributed by atoms with Gasteiger partial charge in [0.05, 0.1) is 0 Å². The molecular formula is C16H20BrNS. The summed E-state index contributed by atoms with van der Waals surface area (Å²) in [6, 6.07) is 11.5. The topological polar surface area (TPSA) is 12.0 Å². The van der Waals surface area contributed by atoms with E-state index in [0.717, 1.165) is 0 Å². The molecule has 1 aromatic heterocycles. The molecule has 0 amide bonds. The number of benzene rings is 1. The molecule has 0 fully saturated rings. The molecule has 19 heavy (non-hydrogen) atoms. The second-order valence-corrected chi connectivity index (χ2v) is 7.15. The molecule has 0 aliphatic rings. The predicted molar refractivity (Wildman–Crippen MR) is 88.8 cm³/mol. The first-order valence-electron chi connectivity index (χ1n) is 6.56. The van der Waals surface area contributed by atoms with E-state index in [1.54, 1.807) is 0 Å². The van der Waals surface area contributed by atoms with Crippen LogP contribution in [0.15, 0.2) is 34.8 Å². The van der Waals surface area contributed by atoms with Gasteiger partial charge in [-0.15, -0.1) is 11.3 Å². The van der Waals surface area contributed by atoms with Gasteiger partial charge in [0.25, 0.3) is 0 Å². The fourth-order valence-corrected chi connectivity index (χ4v) is 3.89. The van der Waals surface area contributed by atoms with Crippen LogP contribution in [-0.4, -0.2) is 7.05 Å². The smallest absolute Gasteiger partial charge is 0.0435 e. The third-order valence-corrected chi connectivity index (χ3v) is 5.44. The molecule has 3 heteroatoms. The van der Waals surface area contributed by atoms with Crippen molar-refractivity contribution >= 4 is 27.3 Å². The molecule has 1 N–H and O–H groups in total. The minimum Gasteiger partial charge on any atom is -0.312 e. The maximum absolute atomic E-state index is 3.61. The second kappa shape index (κ2) is 6.21. The molecule has 0 spiro atoms. The molecule has 0 saturated carbocycles. The Morgan fingerprint density at radius 2 is 1.89 bits per heavy atom. The van der Waals surface area contributed by atoms with E-state index >= 15 is 0 Å². The summed E-state index contributed by atoms with van der Waals surface area (Å²) in [4.78, 5) is 2.74. The first-order valence-corrected chi connectivity index (χ1v) is 8.17. The highest BCUT2D eigenvalue weighted by atomic mass is 79.9. The van der Waals surface area contributed by atoms with Gasteiger partial charge in [-0.3, -0.25) is 0 Å². The minimum absolute atomic E-state index is 0.438. The van der Waals surface area contributed by atoms with Crippen molar-refractivity contribution in [1.29, 1.82) is 0 Å². The first-order chi connectivity index (χ1) is 9.02. The zero-order chi connectivity index (χ0) is 14.0. The van der Waals surface area contributed by atoms with Crippen LogP contribution in [0.1, 0.15) is 30.3 Å². The summed E-state index contributed by atoms with van der Waals surface area (Å²) in [6.07, 6.45) is 0. The van der Waals surface area contributed by atoms with Crippen molar-refractivity contribution in [1.82, 2.24) is 5.32 Å². The zero-order valence-electron chi connectivity index (χ0n) is 11.8. The van der Waals surface area contributed by atoms with Crippen molar-refractivity contribution in [2.75, 3.05) is 7.05 Å². The van der Waals surface area contributed by atoms with E-state index in [2.05, 4.69) is 72.3 Å². The van der Waals surface area contributed by atoms with E-state index in [1.807, 2.05) is 18.4 Å². The van der Waals surface area contributed by atoms with Gasteiger partial charge in [-0.2, -0.15) is 0 Å². The fourth-order valence-electron chi connectivity index (χ4n) is 2.23. The predicted octanol–water partition coefficient (Wildman–Crippen LogP) is 5.40. The Kier molecular flexibility index (Phi) is 4.82. The number of nitrogens with one attached hydrogen (secondary N) is 1. The van der Waals surface area contributed by atoms with E-state index in [-0.39, 0.29) is 0 Å². The Bertz CT molecular complexity index is 560. The van der Waals surface area contributed by atoms with Crippen LogP contribution in [0.2, 0.25) is 0 Å². The molecule has 1 heterocycles. The van der Waals surface area contributed by atoms with Gasteiger partial charge in [0.1, 0.15) is 0 Å². The SMILES string of the molecule is CNC(c1ccc(-c2ccc(C)c(Br)c2)s1)C(C)C.